The molecule has 0 N–H and O–H groups in total. The van der Waals surface area contributed by atoms with Crippen LogP contribution in [-0.4, -0.2) is 7.05 Å². The number of halogens is 2. The van der Waals surface area contributed by atoms with Crippen LogP contribution >= 0.6 is 11.6 Å². The Morgan fingerprint density at radius 2 is 2.25 bits per heavy atom. The van der Waals surface area contributed by atoms with Crippen LogP contribution in [0.25, 0.3) is 0 Å². The summed E-state index contributed by atoms with van der Waals surface area (Å²) >= 11 is 5.50. The van der Waals surface area contributed by atoms with Crippen LogP contribution in [0.3, 0.4) is 0 Å². The molecule has 12 heavy (non-hydrogen) atoms. The van der Waals surface area contributed by atoms with E-state index in [2.05, 4.69) is 0 Å². The molecule has 0 unspecified atom stereocenters. The first kappa shape index (κ1) is 8.82. The van der Waals surface area contributed by atoms with Crippen LogP contribution in [-0.2, 0) is 0 Å². The molecule has 4 heteroatoms. The van der Waals surface area contributed by atoms with Gasteiger partial charge in [0.1, 0.15) is 5.82 Å². The van der Waals surface area contributed by atoms with Gasteiger partial charge < -0.3 is 0 Å². The van der Waals surface area contributed by atoms with Gasteiger partial charge in [0.15, 0.2) is 6.19 Å². The number of benzene rings is 1. The van der Waals surface area contributed by atoms with Gasteiger partial charge >= 0.3 is 0 Å². The Morgan fingerprint density at radius 3 is 2.75 bits per heavy atom. The maximum atomic E-state index is 12.6. The molecule has 1 aromatic rings. The van der Waals surface area contributed by atoms with Crippen molar-refractivity contribution in [3.63, 3.8) is 0 Å². The zero-order chi connectivity index (χ0) is 9.14. The minimum absolute atomic E-state index is 0.0228. The van der Waals surface area contributed by atoms with Gasteiger partial charge in [0.2, 0.25) is 0 Å². The Kier molecular flexibility index (Phi) is 2.51. The molecular weight excluding hydrogens is 179 g/mol. The Labute approximate surface area is 74.8 Å². The molecule has 2 nitrogen and oxygen atoms in total. The predicted octanol–water partition coefficient (Wildman–Crippen LogP) is 2.40. The number of nitriles is 1. The standard InChI is InChI=1S/C8H6ClFN2/c1-12(5-11)6-2-3-8(10)7(9)4-6/h2-4H,1H3. The number of rotatable bonds is 1. The van der Waals surface area contributed by atoms with Gasteiger partial charge in [0.05, 0.1) is 10.7 Å². The average molecular weight is 185 g/mol. The molecule has 1 rings (SSSR count). The van der Waals surface area contributed by atoms with Crippen molar-refractivity contribution in [3.8, 4) is 6.19 Å². The lowest BCUT2D eigenvalue weighted by Crippen LogP contribution is -2.07. The van der Waals surface area contributed by atoms with Gasteiger partial charge in [0.25, 0.3) is 0 Å². The van der Waals surface area contributed by atoms with Crippen LogP contribution in [0.15, 0.2) is 18.2 Å². The highest BCUT2D eigenvalue weighted by molar-refractivity contribution is 6.31. The quantitative estimate of drug-likeness (QED) is 0.495. The van der Waals surface area contributed by atoms with Gasteiger partial charge in [-0.05, 0) is 18.2 Å². The van der Waals surface area contributed by atoms with Crippen LogP contribution < -0.4 is 4.90 Å². The molecule has 0 aromatic heterocycles. The lowest BCUT2D eigenvalue weighted by atomic mass is 10.3. The average Bonchev–Trinajstić information content (AvgIpc) is 2.08. The summed E-state index contributed by atoms with van der Waals surface area (Å²) in [4.78, 5) is 1.30. The molecule has 0 heterocycles. The van der Waals surface area contributed by atoms with Crippen LogP contribution in [0.2, 0.25) is 5.02 Å². The summed E-state index contributed by atoms with van der Waals surface area (Å²) in [6, 6.07) is 4.12. The first-order valence-corrected chi connectivity index (χ1v) is 3.61. The van der Waals surface area contributed by atoms with E-state index < -0.39 is 5.82 Å². The third kappa shape index (κ3) is 1.66. The smallest absolute Gasteiger partial charge is 0.183 e. The summed E-state index contributed by atoms with van der Waals surface area (Å²) in [7, 11) is 1.57. The van der Waals surface area contributed by atoms with Crippen molar-refractivity contribution in [3.05, 3.63) is 29.0 Å². The van der Waals surface area contributed by atoms with E-state index in [1.54, 1.807) is 7.05 Å². The van der Waals surface area contributed by atoms with E-state index in [1.165, 1.54) is 23.1 Å². The maximum Gasteiger partial charge on any atom is 0.183 e. The summed E-state index contributed by atoms with van der Waals surface area (Å²) in [5, 5.41) is 8.51. The van der Waals surface area contributed by atoms with E-state index in [0.717, 1.165) is 0 Å². The van der Waals surface area contributed by atoms with Crippen molar-refractivity contribution in [2.45, 2.75) is 0 Å². The highest BCUT2D eigenvalue weighted by Crippen LogP contribution is 2.21. The van der Waals surface area contributed by atoms with Crippen LogP contribution in [0.1, 0.15) is 0 Å². The van der Waals surface area contributed by atoms with Crippen LogP contribution in [0, 0.1) is 17.3 Å². The van der Waals surface area contributed by atoms with Gasteiger partial charge in [0, 0.05) is 7.05 Å². The molecule has 1 aromatic carbocycles. The second-order valence-electron chi connectivity index (χ2n) is 2.26. The van der Waals surface area contributed by atoms with Gasteiger partial charge in [-0.1, -0.05) is 11.6 Å². The molecule has 0 aliphatic rings. The van der Waals surface area contributed by atoms with Gasteiger partial charge in [-0.15, -0.1) is 0 Å². The fourth-order valence-electron chi connectivity index (χ4n) is 0.751. The van der Waals surface area contributed by atoms with Crippen molar-refractivity contribution < 1.29 is 4.39 Å². The van der Waals surface area contributed by atoms with Gasteiger partial charge in [-0.3, -0.25) is 4.90 Å². The zero-order valence-corrected chi connectivity index (χ0v) is 7.14. The SMILES string of the molecule is CN(C#N)c1ccc(F)c(Cl)c1. The first-order chi connectivity index (χ1) is 5.65. The summed E-state index contributed by atoms with van der Waals surface area (Å²) in [6.45, 7) is 0. The third-order valence-electron chi connectivity index (χ3n) is 1.44. The number of hydrogen-bond donors (Lipinski definition) is 0. The number of nitrogens with zero attached hydrogens (tertiary/aromatic N) is 2. The Bertz CT molecular complexity index is 332. The second kappa shape index (κ2) is 3.42. The molecule has 0 bridgehead atoms. The number of anilines is 1. The fraction of sp³-hybridized carbons (Fsp3) is 0.125. The predicted molar refractivity (Wildman–Crippen MR) is 45.4 cm³/mol. The van der Waals surface area contributed by atoms with E-state index in [0.29, 0.717) is 5.69 Å². The topological polar surface area (TPSA) is 27.0 Å². The van der Waals surface area contributed by atoms with Gasteiger partial charge in [-0.25, -0.2) is 4.39 Å². The zero-order valence-electron chi connectivity index (χ0n) is 6.38. The minimum atomic E-state index is -0.480. The Hall–Kier alpha value is -1.27. The Balaban J connectivity index is 3.06. The van der Waals surface area contributed by atoms with Crippen LogP contribution in [0.4, 0.5) is 10.1 Å². The fourth-order valence-corrected chi connectivity index (χ4v) is 0.926. The molecule has 0 aliphatic heterocycles. The second-order valence-corrected chi connectivity index (χ2v) is 2.66. The van der Waals surface area contributed by atoms with E-state index in [1.807, 2.05) is 6.19 Å². The van der Waals surface area contributed by atoms with Crippen molar-refractivity contribution in [1.82, 2.24) is 0 Å². The highest BCUT2D eigenvalue weighted by Gasteiger charge is 2.03. The molecule has 0 saturated carbocycles. The molecule has 0 amide bonds. The molecule has 0 saturated heterocycles. The van der Waals surface area contributed by atoms with Crippen molar-refractivity contribution >= 4 is 17.3 Å². The minimum Gasteiger partial charge on any atom is -0.282 e. The van der Waals surface area contributed by atoms with E-state index in [-0.39, 0.29) is 5.02 Å². The van der Waals surface area contributed by atoms with Crippen molar-refractivity contribution in [2.24, 2.45) is 0 Å². The Morgan fingerprint density at radius 1 is 1.58 bits per heavy atom. The lowest BCUT2D eigenvalue weighted by molar-refractivity contribution is 0.628. The van der Waals surface area contributed by atoms with E-state index in [4.69, 9.17) is 16.9 Å². The number of hydrogen-bond acceptors (Lipinski definition) is 2. The monoisotopic (exact) mass is 184 g/mol. The molecule has 0 radical (unpaired) electrons. The normalized spacial score (nSPS) is 9.17. The van der Waals surface area contributed by atoms with E-state index in [9.17, 15) is 4.39 Å². The summed E-state index contributed by atoms with van der Waals surface area (Å²) < 4.78 is 12.6. The molecule has 0 aliphatic carbocycles. The van der Waals surface area contributed by atoms with Crippen molar-refractivity contribution in [1.29, 1.82) is 5.26 Å². The molecular formula is C8H6ClFN2. The maximum absolute atomic E-state index is 12.6. The largest absolute Gasteiger partial charge is 0.282 e. The lowest BCUT2D eigenvalue weighted by Gasteiger charge is -2.08. The first-order valence-electron chi connectivity index (χ1n) is 3.23. The molecule has 0 spiro atoms. The summed E-state index contributed by atoms with van der Waals surface area (Å²) in [5.74, 6) is -0.480. The molecule has 0 fully saturated rings. The molecule has 62 valence electrons. The van der Waals surface area contributed by atoms with Gasteiger partial charge in [-0.2, -0.15) is 5.26 Å². The summed E-state index contributed by atoms with van der Waals surface area (Å²) in [6.07, 6.45) is 1.88. The third-order valence-corrected chi connectivity index (χ3v) is 1.73. The van der Waals surface area contributed by atoms with E-state index >= 15 is 0 Å². The highest BCUT2D eigenvalue weighted by atomic mass is 35.5. The van der Waals surface area contributed by atoms with Crippen molar-refractivity contribution in [2.75, 3.05) is 11.9 Å². The van der Waals surface area contributed by atoms with Crippen LogP contribution in [0.5, 0.6) is 0 Å². The molecule has 0 atom stereocenters. The summed E-state index contributed by atoms with van der Waals surface area (Å²) in [5.41, 5.74) is 0.573.